The second kappa shape index (κ2) is 8.98. The first-order chi connectivity index (χ1) is 14.1. The van der Waals surface area contributed by atoms with Crippen LogP contribution in [0.25, 0.3) is 0 Å². The Morgan fingerprint density at radius 3 is 2.55 bits per heavy atom. The number of hydrogen-bond acceptors (Lipinski definition) is 6. The molecule has 0 aliphatic carbocycles. The number of rotatable bonds is 5. The minimum absolute atomic E-state index is 0.496. The highest BCUT2D eigenvalue weighted by atomic mass is 32.1. The molecule has 29 heavy (non-hydrogen) atoms. The van der Waals surface area contributed by atoms with Crippen LogP contribution in [0.4, 0.5) is 17.6 Å². The zero-order valence-electron chi connectivity index (χ0n) is 17.3. The minimum Gasteiger partial charge on any atom is -0.465 e. The average Bonchev–Trinajstić information content (AvgIpc) is 3.38. The quantitative estimate of drug-likeness (QED) is 0.718. The molecule has 2 N–H and O–H groups in total. The maximum Gasteiger partial charge on any atom is 0.232 e. The van der Waals surface area contributed by atoms with E-state index in [1.54, 1.807) is 0 Å². The number of thiocarbonyl (C=S) groups is 1. The van der Waals surface area contributed by atoms with Gasteiger partial charge in [-0.2, -0.15) is 9.97 Å². The summed E-state index contributed by atoms with van der Waals surface area (Å²) in [4.78, 5) is 14.3. The minimum atomic E-state index is 0.496. The van der Waals surface area contributed by atoms with Crippen LogP contribution in [0.15, 0.2) is 22.6 Å². The standard InChI is InChI=1S/C21H30N6OS/c1-15-6-5-11-27(14-15)19-12-18(26-9-3-4-10-26)23-20(24-19)25-21(29)22-13-17-8-7-16(2)28-17/h7-8,12,15H,3-6,9-11,13-14H2,1-2H3,(H2,22,23,24,25,29). The summed E-state index contributed by atoms with van der Waals surface area (Å²) in [6, 6.07) is 6.03. The second-order valence-corrected chi connectivity index (χ2v) is 8.52. The lowest BCUT2D eigenvalue weighted by atomic mass is 10.0. The van der Waals surface area contributed by atoms with Gasteiger partial charge in [0.25, 0.3) is 0 Å². The van der Waals surface area contributed by atoms with Crippen molar-refractivity contribution in [1.29, 1.82) is 0 Å². The zero-order valence-corrected chi connectivity index (χ0v) is 18.1. The number of piperidine rings is 1. The number of nitrogens with zero attached hydrogens (tertiary/aromatic N) is 4. The van der Waals surface area contributed by atoms with Crippen molar-refractivity contribution in [1.82, 2.24) is 15.3 Å². The molecule has 2 aromatic heterocycles. The van der Waals surface area contributed by atoms with Gasteiger partial charge in [-0.15, -0.1) is 0 Å². The van der Waals surface area contributed by atoms with Gasteiger partial charge in [0.05, 0.1) is 6.54 Å². The van der Waals surface area contributed by atoms with E-state index in [2.05, 4.69) is 33.4 Å². The summed E-state index contributed by atoms with van der Waals surface area (Å²) in [6.07, 6.45) is 4.91. The van der Waals surface area contributed by atoms with E-state index < -0.39 is 0 Å². The molecule has 156 valence electrons. The summed E-state index contributed by atoms with van der Waals surface area (Å²) < 4.78 is 5.58. The summed E-state index contributed by atoms with van der Waals surface area (Å²) in [5, 5.41) is 6.85. The van der Waals surface area contributed by atoms with Crippen LogP contribution in [0.3, 0.4) is 0 Å². The van der Waals surface area contributed by atoms with Crippen molar-refractivity contribution in [3.05, 3.63) is 29.7 Å². The van der Waals surface area contributed by atoms with Gasteiger partial charge in [0, 0.05) is 32.2 Å². The number of hydrogen-bond donors (Lipinski definition) is 2. The van der Waals surface area contributed by atoms with Gasteiger partial charge < -0.3 is 24.9 Å². The van der Waals surface area contributed by atoms with E-state index in [-0.39, 0.29) is 0 Å². The molecule has 0 saturated carbocycles. The number of anilines is 3. The molecule has 0 radical (unpaired) electrons. The van der Waals surface area contributed by atoms with Crippen LogP contribution >= 0.6 is 12.2 Å². The lowest BCUT2D eigenvalue weighted by Gasteiger charge is -2.32. The topological polar surface area (TPSA) is 69.5 Å². The van der Waals surface area contributed by atoms with Crippen molar-refractivity contribution in [2.75, 3.05) is 41.3 Å². The molecule has 7 nitrogen and oxygen atoms in total. The van der Waals surface area contributed by atoms with Gasteiger partial charge in [0.15, 0.2) is 5.11 Å². The summed E-state index contributed by atoms with van der Waals surface area (Å²) in [7, 11) is 0. The van der Waals surface area contributed by atoms with Crippen molar-refractivity contribution in [2.24, 2.45) is 5.92 Å². The lowest BCUT2D eigenvalue weighted by Crippen LogP contribution is -2.35. The van der Waals surface area contributed by atoms with Gasteiger partial charge >= 0.3 is 0 Å². The van der Waals surface area contributed by atoms with Crippen LogP contribution in [0, 0.1) is 12.8 Å². The van der Waals surface area contributed by atoms with E-state index in [9.17, 15) is 0 Å². The largest absolute Gasteiger partial charge is 0.465 e. The highest BCUT2D eigenvalue weighted by molar-refractivity contribution is 7.80. The molecule has 0 spiro atoms. The highest BCUT2D eigenvalue weighted by Crippen LogP contribution is 2.27. The lowest BCUT2D eigenvalue weighted by molar-refractivity contribution is 0.444. The van der Waals surface area contributed by atoms with Crippen molar-refractivity contribution < 1.29 is 4.42 Å². The smallest absolute Gasteiger partial charge is 0.232 e. The van der Waals surface area contributed by atoms with Crippen LogP contribution in [0.1, 0.15) is 44.1 Å². The molecule has 8 heteroatoms. The van der Waals surface area contributed by atoms with Crippen molar-refractivity contribution in [3.8, 4) is 0 Å². The molecule has 0 amide bonds. The summed E-state index contributed by atoms with van der Waals surface area (Å²) in [6.45, 7) is 8.95. The van der Waals surface area contributed by atoms with Gasteiger partial charge in [0.1, 0.15) is 23.2 Å². The Morgan fingerprint density at radius 1 is 1.14 bits per heavy atom. The third-order valence-corrected chi connectivity index (χ3v) is 5.80. The fourth-order valence-corrected chi connectivity index (χ4v) is 4.20. The van der Waals surface area contributed by atoms with E-state index in [1.807, 2.05) is 19.1 Å². The van der Waals surface area contributed by atoms with Gasteiger partial charge in [-0.3, -0.25) is 0 Å². The third kappa shape index (κ3) is 5.18. The monoisotopic (exact) mass is 414 g/mol. The molecule has 2 aliphatic heterocycles. The first-order valence-corrected chi connectivity index (χ1v) is 11.0. The van der Waals surface area contributed by atoms with E-state index in [4.69, 9.17) is 26.6 Å². The van der Waals surface area contributed by atoms with Crippen LogP contribution in [-0.2, 0) is 6.54 Å². The fourth-order valence-electron chi connectivity index (χ4n) is 4.04. The number of aromatic nitrogens is 2. The average molecular weight is 415 g/mol. The molecule has 4 rings (SSSR count). The third-order valence-electron chi connectivity index (χ3n) is 5.55. The fraction of sp³-hybridized carbons (Fsp3) is 0.571. The molecule has 1 atom stereocenters. The molecular weight excluding hydrogens is 384 g/mol. The molecule has 0 aromatic carbocycles. The number of furan rings is 1. The Balaban J connectivity index is 1.48. The Bertz CT molecular complexity index is 847. The van der Waals surface area contributed by atoms with Crippen molar-refractivity contribution in [3.63, 3.8) is 0 Å². The maximum atomic E-state index is 5.58. The molecule has 4 heterocycles. The number of nitrogens with one attached hydrogen (secondary N) is 2. The van der Waals surface area contributed by atoms with E-state index in [1.165, 1.54) is 25.7 Å². The van der Waals surface area contributed by atoms with E-state index >= 15 is 0 Å². The van der Waals surface area contributed by atoms with Crippen LogP contribution in [-0.4, -0.2) is 41.3 Å². The molecule has 1 unspecified atom stereocenters. The predicted octanol–water partition coefficient (Wildman–Crippen LogP) is 3.70. The molecule has 2 fully saturated rings. The Hall–Kier alpha value is -2.35. The SMILES string of the molecule is Cc1ccc(CNC(=S)Nc2nc(N3CCCC3)cc(N3CCCC(C)C3)n2)o1. The van der Waals surface area contributed by atoms with E-state index in [0.717, 1.165) is 49.3 Å². The van der Waals surface area contributed by atoms with Gasteiger partial charge in [-0.1, -0.05) is 6.92 Å². The Kier molecular flexibility index (Phi) is 6.18. The molecular formula is C21H30N6OS. The first kappa shape index (κ1) is 19.9. The maximum absolute atomic E-state index is 5.58. The zero-order chi connectivity index (χ0) is 20.2. The molecule has 2 saturated heterocycles. The molecule has 2 aliphatic rings. The Labute approximate surface area is 177 Å². The summed E-state index contributed by atoms with van der Waals surface area (Å²) in [5.41, 5.74) is 0. The summed E-state index contributed by atoms with van der Waals surface area (Å²) >= 11 is 5.47. The van der Waals surface area contributed by atoms with Gasteiger partial charge in [-0.05, 0) is 62.9 Å². The molecule has 2 aromatic rings. The van der Waals surface area contributed by atoms with Crippen LogP contribution in [0.2, 0.25) is 0 Å². The first-order valence-electron chi connectivity index (χ1n) is 10.6. The molecule has 0 bridgehead atoms. The second-order valence-electron chi connectivity index (χ2n) is 8.12. The van der Waals surface area contributed by atoms with Crippen molar-refractivity contribution in [2.45, 2.75) is 46.1 Å². The highest BCUT2D eigenvalue weighted by Gasteiger charge is 2.22. The number of aryl methyl sites for hydroxylation is 1. The van der Waals surface area contributed by atoms with Gasteiger partial charge in [-0.25, -0.2) is 0 Å². The summed E-state index contributed by atoms with van der Waals surface area (Å²) in [5.74, 6) is 4.95. The predicted molar refractivity (Wildman–Crippen MR) is 121 cm³/mol. The Morgan fingerprint density at radius 2 is 1.86 bits per heavy atom. The van der Waals surface area contributed by atoms with Crippen molar-refractivity contribution >= 4 is 34.9 Å². The van der Waals surface area contributed by atoms with Crippen LogP contribution in [0.5, 0.6) is 0 Å². The van der Waals surface area contributed by atoms with E-state index in [0.29, 0.717) is 23.5 Å². The normalized spacial score (nSPS) is 19.4. The van der Waals surface area contributed by atoms with Crippen LogP contribution < -0.4 is 20.4 Å². The van der Waals surface area contributed by atoms with Gasteiger partial charge in [0.2, 0.25) is 5.95 Å².